The average molecular weight is 351 g/mol. The second-order valence-electron chi connectivity index (χ2n) is 6.05. The van der Waals surface area contributed by atoms with E-state index < -0.39 is 0 Å². The van der Waals surface area contributed by atoms with E-state index in [1.165, 1.54) is 4.57 Å². The minimum atomic E-state index is -0.161. The molecule has 3 aromatic rings. The number of hydrogen-bond acceptors (Lipinski definition) is 5. The van der Waals surface area contributed by atoms with Crippen LogP contribution in [0.3, 0.4) is 0 Å². The quantitative estimate of drug-likeness (QED) is 0.771. The summed E-state index contributed by atoms with van der Waals surface area (Å²) in [6.45, 7) is 0.382. The van der Waals surface area contributed by atoms with E-state index in [2.05, 4.69) is 10.3 Å². The van der Waals surface area contributed by atoms with Crippen LogP contribution in [0.1, 0.15) is 11.4 Å². The molecule has 7 heteroatoms. The summed E-state index contributed by atoms with van der Waals surface area (Å²) in [5.74, 6) is 1.68. The number of nitrogens with one attached hydrogen (secondary N) is 1. The average Bonchev–Trinajstić information content (AvgIpc) is 3.11. The SMILES string of the molecule is Cn1c(CNC(=O)Cc2ccc3c(c2)OCO3)nc2ccccc2c1=O. The smallest absolute Gasteiger partial charge is 0.261 e. The molecule has 0 atom stereocenters. The normalized spacial score (nSPS) is 12.3. The molecule has 26 heavy (non-hydrogen) atoms. The Hall–Kier alpha value is -3.35. The molecule has 1 aliphatic heterocycles. The summed E-state index contributed by atoms with van der Waals surface area (Å²) in [7, 11) is 1.65. The van der Waals surface area contributed by atoms with Crippen LogP contribution in [0.25, 0.3) is 10.9 Å². The first-order valence-corrected chi connectivity index (χ1v) is 8.22. The summed E-state index contributed by atoms with van der Waals surface area (Å²) < 4.78 is 12.0. The van der Waals surface area contributed by atoms with Gasteiger partial charge in [-0.2, -0.15) is 0 Å². The number of nitrogens with zero attached hydrogens (tertiary/aromatic N) is 2. The van der Waals surface area contributed by atoms with Gasteiger partial charge in [-0.3, -0.25) is 14.2 Å². The Morgan fingerprint density at radius 3 is 2.88 bits per heavy atom. The highest BCUT2D eigenvalue weighted by Crippen LogP contribution is 2.32. The van der Waals surface area contributed by atoms with Crippen molar-refractivity contribution >= 4 is 16.8 Å². The van der Waals surface area contributed by atoms with Gasteiger partial charge in [-0.15, -0.1) is 0 Å². The molecule has 0 radical (unpaired) electrons. The van der Waals surface area contributed by atoms with Crippen LogP contribution < -0.4 is 20.3 Å². The van der Waals surface area contributed by atoms with Crippen LogP contribution in [0.15, 0.2) is 47.3 Å². The van der Waals surface area contributed by atoms with E-state index in [-0.39, 0.29) is 31.2 Å². The molecule has 1 N–H and O–H groups in total. The molecule has 132 valence electrons. The number of carbonyl (C=O) groups excluding carboxylic acids is 1. The number of para-hydroxylation sites is 1. The number of carbonyl (C=O) groups is 1. The van der Waals surface area contributed by atoms with Gasteiger partial charge >= 0.3 is 0 Å². The number of benzene rings is 2. The van der Waals surface area contributed by atoms with Crippen molar-refractivity contribution in [3.05, 3.63) is 64.2 Å². The van der Waals surface area contributed by atoms with Crippen molar-refractivity contribution < 1.29 is 14.3 Å². The molecule has 0 spiro atoms. The van der Waals surface area contributed by atoms with Crippen molar-refractivity contribution in [3.63, 3.8) is 0 Å². The molecule has 2 aromatic carbocycles. The minimum Gasteiger partial charge on any atom is -0.454 e. The Kier molecular flexibility index (Phi) is 4.04. The van der Waals surface area contributed by atoms with Gasteiger partial charge in [0.05, 0.1) is 23.9 Å². The lowest BCUT2D eigenvalue weighted by molar-refractivity contribution is -0.120. The fourth-order valence-corrected chi connectivity index (χ4v) is 2.90. The predicted octanol–water partition coefficient (Wildman–Crippen LogP) is 1.52. The van der Waals surface area contributed by atoms with Gasteiger partial charge in [0.25, 0.3) is 5.56 Å². The van der Waals surface area contributed by atoms with E-state index in [0.29, 0.717) is 28.2 Å². The zero-order chi connectivity index (χ0) is 18.1. The third kappa shape index (κ3) is 2.99. The van der Waals surface area contributed by atoms with E-state index in [0.717, 1.165) is 5.56 Å². The molecule has 1 aliphatic rings. The maximum atomic E-state index is 12.4. The summed E-state index contributed by atoms with van der Waals surface area (Å²) in [4.78, 5) is 29.1. The van der Waals surface area contributed by atoms with Crippen LogP contribution in [0.5, 0.6) is 11.5 Å². The van der Waals surface area contributed by atoms with E-state index >= 15 is 0 Å². The van der Waals surface area contributed by atoms with Gasteiger partial charge in [0.15, 0.2) is 11.5 Å². The van der Waals surface area contributed by atoms with Gasteiger partial charge in [-0.05, 0) is 29.8 Å². The molecule has 0 unspecified atom stereocenters. The molecule has 1 aromatic heterocycles. The van der Waals surface area contributed by atoms with Crippen LogP contribution in [-0.2, 0) is 24.8 Å². The van der Waals surface area contributed by atoms with E-state index in [4.69, 9.17) is 9.47 Å². The Morgan fingerprint density at radius 1 is 1.19 bits per heavy atom. The first kappa shape index (κ1) is 16.1. The highest BCUT2D eigenvalue weighted by atomic mass is 16.7. The Labute approximate surface area is 149 Å². The van der Waals surface area contributed by atoms with Crippen LogP contribution >= 0.6 is 0 Å². The molecule has 0 fully saturated rings. The van der Waals surface area contributed by atoms with Gasteiger partial charge in [-0.1, -0.05) is 18.2 Å². The highest BCUT2D eigenvalue weighted by Gasteiger charge is 2.15. The number of hydrogen-bond donors (Lipinski definition) is 1. The number of rotatable bonds is 4. The zero-order valence-electron chi connectivity index (χ0n) is 14.2. The molecular weight excluding hydrogens is 334 g/mol. The van der Waals surface area contributed by atoms with Crippen molar-refractivity contribution in [2.75, 3.05) is 6.79 Å². The molecule has 1 amide bonds. The monoisotopic (exact) mass is 351 g/mol. The van der Waals surface area contributed by atoms with Crippen molar-refractivity contribution in [1.29, 1.82) is 0 Å². The molecule has 2 heterocycles. The fourth-order valence-electron chi connectivity index (χ4n) is 2.90. The standard InChI is InChI=1S/C19H17N3O4/c1-22-17(21-14-5-3-2-4-13(14)19(22)24)10-20-18(23)9-12-6-7-15-16(8-12)26-11-25-15/h2-8H,9-11H2,1H3,(H,20,23). The topological polar surface area (TPSA) is 82.5 Å². The zero-order valence-corrected chi connectivity index (χ0v) is 14.2. The number of aromatic nitrogens is 2. The van der Waals surface area contributed by atoms with Crippen molar-refractivity contribution in [2.24, 2.45) is 7.05 Å². The van der Waals surface area contributed by atoms with Gasteiger partial charge in [0, 0.05) is 7.05 Å². The van der Waals surface area contributed by atoms with E-state index in [1.54, 1.807) is 37.4 Å². The molecule has 0 saturated heterocycles. The predicted molar refractivity (Wildman–Crippen MR) is 95.1 cm³/mol. The van der Waals surface area contributed by atoms with Crippen LogP contribution in [0, 0.1) is 0 Å². The van der Waals surface area contributed by atoms with Crippen molar-refractivity contribution in [3.8, 4) is 11.5 Å². The second kappa shape index (κ2) is 6.51. The molecule has 0 bridgehead atoms. The van der Waals surface area contributed by atoms with Crippen LogP contribution in [0.2, 0.25) is 0 Å². The molecule has 0 aliphatic carbocycles. The maximum absolute atomic E-state index is 12.4. The van der Waals surface area contributed by atoms with E-state index in [9.17, 15) is 9.59 Å². The molecule has 4 rings (SSSR count). The molecule has 0 saturated carbocycles. The third-order valence-electron chi connectivity index (χ3n) is 4.32. The van der Waals surface area contributed by atoms with E-state index in [1.807, 2.05) is 12.1 Å². The van der Waals surface area contributed by atoms with Gasteiger partial charge in [0.2, 0.25) is 12.7 Å². The largest absolute Gasteiger partial charge is 0.454 e. The highest BCUT2D eigenvalue weighted by molar-refractivity contribution is 5.79. The summed E-state index contributed by atoms with van der Waals surface area (Å²) in [6, 6.07) is 12.6. The second-order valence-corrected chi connectivity index (χ2v) is 6.05. The summed E-state index contributed by atoms with van der Waals surface area (Å²) in [5.41, 5.74) is 1.32. The third-order valence-corrected chi connectivity index (χ3v) is 4.32. The van der Waals surface area contributed by atoms with Crippen LogP contribution in [0.4, 0.5) is 0 Å². The fraction of sp³-hybridized carbons (Fsp3) is 0.211. The van der Waals surface area contributed by atoms with Gasteiger partial charge in [0.1, 0.15) is 5.82 Å². The Balaban J connectivity index is 1.47. The lowest BCUT2D eigenvalue weighted by Crippen LogP contribution is -2.30. The maximum Gasteiger partial charge on any atom is 0.261 e. The number of amides is 1. The number of ether oxygens (including phenoxy) is 2. The Bertz CT molecular complexity index is 1060. The Morgan fingerprint density at radius 2 is 2.00 bits per heavy atom. The van der Waals surface area contributed by atoms with Crippen molar-refractivity contribution in [1.82, 2.24) is 14.9 Å². The van der Waals surface area contributed by atoms with Crippen molar-refractivity contribution in [2.45, 2.75) is 13.0 Å². The van der Waals surface area contributed by atoms with Gasteiger partial charge < -0.3 is 14.8 Å². The lowest BCUT2D eigenvalue weighted by atomic mass is 10.1. The summed E-state index contributed by atoms with van der Waals surface area (Å²) in [6.07, 6.45) is 0.207. The first-order chi connectivity index (χ1) is 12.6. The minimum absolute atomic E-state index is 0.129. The number of fused-ring (bicyclic) bond motifs is 2. The lowest BCUT2D eigenvalue weighted by Gasteiger charge is -2.10. The molecular formula is C19H17N3O4. The summed E-state index contributed by atoms with van der Waals surface area (Å²) >= 11 is 0. The summed E-state index contributed by atoms with van der Waals surface area (Å²) in [5, 5.41) is 3.38. The van der Waals surface area contributed by atoms with Crippen LogP contribution in [-0.4, -0.2) is 22.3 Å². The molecule has 7 nitrogen and oxygen atoms in total. The van der Waals surface area contributed by atoms with Gasteiger partial charge in [-0.25, -0.2) is 4.98 Å². The first-order valence-electron chi connectivity index (χ1n) is 8.22.